The highest BCUT2D eigenvalue weighted by atomic mass is 16.5. The highest BCUT2D eigenvalue weighted by Crippen LogP contribution is 2.30. The molecular weight excluding hydrogens is 414 g/mol. The molecule has 2 heterocycles. The van der Waals surface area contributed by atoms with Gasteiger partial charge in [-0.3, -0.25) is 14.5 Å². The van der Waals surface area contributed by atoms with Crippen molar-refractivity contribution in [2.45, 2.75) is 24.9 Å². The van der Waals surface area contributed by atoms with Crippen LogP contribution >= 0.6 is 0 Å². The normalized spacial score (nSPS) is 17.2. The number of rotatable bonds is 6. The molecule has 0 bridgehead atoms. The number of nitrogens with one attached hydrogen (secondary N) is 2. The van der Waals surface area contributed by atoms with Gasteiger partial charge in [-0.15, -0.1) is 0 Å². The standard InChI is InChI=1S/C23H25N3O6/c1-30-17-7-8-18(19(13-17)31-2)24-20(27)16-5-3-15(4-6-16)14-26-21(28)23(25-22(26)29)9-11-32-12-10-23/h3-8,13H,9-12,14H2,1-2H3,(H,24,27)(H,25,29). The lowest BCUT2D eigenvalue weighted by Gasteiger charge is -2.30. The number of imide groups is 1. The first-order valence-electron chi connectivity index (χ1n) is 10.3. The summed E-state index contributed by atoms with van der Waals surface area (Å²) in [6, 6.07) is 11.5. The van der Waals surface area contributed by atoms with E-state index in [1.54, 1.807) is 49.6 Å². The van der Waals surface area contributed by atoms with E-state index in [0.717, 1.165) is 5.56 Å². The molecule has 2 fully saturated rings. The van der Waals surface area contributed by atoms with E-state index in [2.05, 4.69) is 10.6 Å². The number of carbonyl (C=O) groups is 3. The number of methoxy groups -OCH3 is 2. The monoisotopic (exact) mass is 439 g/mol. The van der Waals surface area contributed by atoms with Gasteiger partial charge in [-0.25, -0.2) is 4.79 Å². The second-order valence-electron chi connectivity index (χ2n) is 7.73. The van der Waals surface area contributed by atoms with Gasteiger partial charge < -0.3 is 24.8 Å². The average molecular weight is 439 g/mol. The molecule has 1 spiro atoms. The number of hydrogen-bond donors (Lipinski definition) is 2. The second kappa shape index (κ2) is 8.88. The number of nitrogens with zero attached hydrogens (tertiary/aromatic N) is 1. The Kier molecular flexibility index (Phi) is 6.00. The molecule has 0 aliphatic carbocycles. The lowest BCUT2D eigenvalue weighted by Crippen LogP contribution is -2.51. The van der Waals surface area contributed by atoms with E-state index in [0.29, 0.717) is 48.8 Å². The lowest BCUT2D eigenvalue weighted by molar-refractivity contribution is -0.134. The van der Waals surface area contributed by atoms with Crippen molar-refractivity contribution in [3.05, 3.63) is 53.6 Å². The zero-order valence-electron chi connectivity index (χ0n) is 18.0. The van der Waals surface area contributed by atoms with Crippen molar-refractivity contribution < 1.29 is 28.6 Å². The maximum atomic E-state index is 12.9. The summed E-state index contributed by atoms with van der Waals surface area (Å²) in [6.07, 6.45) is 0.948. The van der Waals surface area contributed by atoms with Crippen molar-refractivity contribution in [1.82, 2.24) is 10.2 Å². The van der Waals surface area contributed by atoms with Crippen LogP contribution in [0.5, 0.6) is 11.5 Å². The minimum absolute atomic E-state index is 0.140. The highest BCUT2D eigenvalue weighted by Gasteiger charge is 2.51. The summed E-state index contributed by atoms with van der Waals surface area (Å²) in [5.74, 6) is 0.567. The molecule has 2 N–H and O–H groups in total. The van der Waals surface area contributed by atoms with Gasteiger partial charge in [-0.1, -0.05) is 12.1 Å². The molecule has 0 unspecified atom stereocenters. The van der Waals surface area contributed by atoms with Gasteiger partial charge in [0.15, 0.2) is 0 Å². The number of benzene rings is 2. The molecule has 9 heteroatoms. The third-order valence-corrected chi connectivity index (χ3v) is 5.81. The van der Waals surface area contributed by atoms with Crippen LogP contribution in [0.4, 0.5) is 10.5 Å². The van der Waals surface area contributed by atoms with Gasteiger partial charge >= 0.3 is 6.03 Å². The zero-order chi connectivity index (χ0) is 22.7. The van der Waals surface area contributed by atoms with Gasteiger partial charge in [0.2, 0.25) is 0 Å². The van der Waals surface area contributed by atoms with Crippen molar-refractivity contribution in [2.24, 2.45) is 0 Å². The molecule has 2 saturated heterocycles. The van der Waals surface area contributed by atoms with E-state index < -0.39 is 11.6 Å². The Morgan fingerprint density at radius 3 is 2.47 bits per heavy atom. The van der Waals surface area contributed by atoms with Gasteiger partial charge in [0.1, 0.15) is 17.0 Å². The van der Waals surface area contributed by atoms with Crippen LogP contribution in [0.2, 0.25) is 0 Å². The molecule has 0 aromatic heterocycles. The maximum Gasteiger partial charge on any atom is 0.325 e. The zero-order valence-corrected chi connectivity index (χ0v) is 18.0. The van der Waals surface area contributed by atoms with Crippen molar-refractivity contribution >= 4 is 23.5 Å². The fraction of sp³-hybridized carbons (Fsp3) is 0.348. The number of urea groups is 1. The predicted octanol–water partition coefficient (Wildman–Crippen LogP) is 2.56. The fourth-order valence-corrected chi connectivity index (χ4v) is 3.92. The Morgan fingerprint density at radius 1 is 1.09 bits per heavy atom. The van der Waals surface area contributed by atoms with Crippen LogP contribution in [0, 0.1) is 0 Å². The molecule has 0 atom stereocenters. The van der Waals surface area contributed by atoms with Gasteiger partial charge in [0.05, 0.1) is 26.5 Å². The fourth-order valence-electron chi connectivity index (χ4n) is 3.92. The smallest absolute Gasteiger partial charge is 0.325 e. The summed E-state index contributed by atoms with van der Waals surface area (Å²) in [7, 11) is 3.07. The topological polar surface area (TPSA) is 106 Å². The van der Waals surface area contributed by atoms with E-state index in [4.69, 9.17) is 14.2 Å². The van der Waals surface area contributed by atoms with Crippen LogP contribution in [-0.4, -0.2) is 55.7 Å². The van der Waals surface area contributed by atoms with E-state index in [1.165, 1.54) is 12.0 Å². The second-order valence-corrected chi connectivity index (χ2v) is 7.73. The van der Waals surface area contributed by atoms with Gasteiger partial charge in [-0.2, -0.15) is 0 Å². The number of ether oxygens (including phenoxy) is 3. The number of carbonyl (C=O) groups excluding carboxylic acids is 3. The first kappa shape index (κ1) is 21.6. The molecule has 2 aliphatic rings. The summed E-state index contributed by atoms with van der Waals surface area (Å²) in [4.78, 5) is 39.2. The number of amides is 4. The molecular formula is C23H25N3O6. The molecule has 4 rings (SSSR count). The highest BCUT2D eigenvalue weighted by molar-refractivity contribution is 6.07. The average Bonchev–Trinajstić information content (AvgIpc) is 3.03. The third-order valence-electron chi connectivity index (χ3n) is 5.81. The van der Waals surface area contributed by atoms with Crippen LogP contribution in [-0.2, 0) is 16.1 Å². The van der Waals surface area contributed by atoms with Crippen LogP contribution in [0.3, 0.4) is 0 Å². The SMILES string of the molecule is COc1ccc(NC(=O)c2ccc(CN3C(=O)NC4(CCOCC4)C3=O)cc2)c(OC)c1. The van der Waals surface area contributed by atoms with E-state index >= 15 is 0 Å². The van der Waals surface area contributed by atoms with Crippen molar-refractivity contribution in [3.8, 4) is 11.5 Å². The minimum Gasteiger partial charge on any atom is -0.497 e. The molecule has 4 amide bonds. The van der Waals surface area contributed by atoms with Crippen LogP contribution in [0.25, 0.3) is 0 Å². The molecule has 9 nitrogen and oxygen atoms in total. The third kappa shape index (κ3) is 4.11. The van der Waals surface area contributed by atoms with E-state index in [1.807, 2.05) is 0 Å². The van der Waals surface area contributed by atoms with E-state index in [9.17, 15) is 14.4 Å². The molecule has 2 aromatic carbocycles. The number of anilines is 1. The van der Waals surface area contributed by atoms with Crippen molar-refractivity contribution in [1.29, 1.82) is 0 Å². The minimum atomic E-state index is -0.855. The Bertz CT molecular complexity index is 1030. The summed E-state index contributed by atoms with van der Waals surface area (Å²) < 4.78 is 15.8. The van der Waals surface area contributed by atoms with Gasteiger partial charge in [0, 0.05) is 37.7 Å². The Hall–Kier alpha value is -3.59. The molecule has 2 aromatic rings. The molecule has 2 aliphatic heterocycles. The summed E-state index contributed by atoms with van der Waals surface area (Å²) >= 11 is 0. The quantitative estimate of drug-likeness (QED) is 0.670. The van der Waals surface area contributed by atoms with Crippen LogP contribution < -0.4 is 20.1 Å². The van der Waals surface area contributed by atoms with E-state index in [-0.39, 0.29) is 18.4 Å². The molecule has 32 heavy (non-hydrogen) atoms. The Balaban J connectivity index is 1.43. The van der Waals surface area contributed by atoms with Crippen LogP contribution in [0.15, 0.2) is 42.5 Å². The summed E-state index contributed by atoms with van der Waals surface area (Å²) in [5, 5.41) is 5.65. The Labute approximate surface area is 185 Å². The van der Waals surface area contributed by atoms with Gasteiger partial charge in [-0.05, 0) is 29.8 Å². The summed E-state index contributed by atoms with van der Waals surface area (Å²) in [6.45, 7) is 1.03. The first-order valence-corrected chi connectivity index (χ1v) is 10.3. The largest absolute Gasteiger partial charge is 0.497 e. The summed E-state index contributed by atoms with van der Waals surface area (Å²) in [5.41, 5.74) is 0.844. The maximum absolute atomic E-state index is 12.9. The van der Waals surface area contributed by atoms with Gasteiger partial charge in [0.25, 0.3) is 11.8 Å². The van der Waals surface area contributed by atoms with Crippen molar-refractivity contribution in [3.63, 3.8) is 0 Å². The molecule has 168 valence electrons. The Morgan fingerprint density at radius 2 is 1.81 bits per heavy atom. The molecule has 0 radical (unpaired) electrons. The predicted molar refractivity (Wildman–Crippen MR) is 116 cm³/mol. The lowest BCUT2D eigenvalue weighted by atomic mass is 9.90. The molecule has 0 saturated carbocycles. The first-order chi connectivity index (χ1) is 15.5. The van der Waals surface area contributed by atoms with Crippen LogP contribution in [0.1, 0.15) is 28.8 Å². The number of hydrogen-bond acceptors (Lipinski definition) is 6. The van der Waals surface area contributed by atoms with Crippen molar-refractivity contribution in [2.75, 3.05) is 32.8 Å².